The van der Waals surface area contributed by atoms with Crippen molar-refractivity contribution >= 4 is 15.9 Å². The Bertz CT molecular complexity index is 957. The summed E-state index contributed by atoms with van der Waals surface area (Å²) in [5.74, 6) is 1.15. The quantitative estimate of drug-likeness (QED) is 0.647. The van der Waals surface area contributed by atoms with Crippen molar-refractivity contribution < 1.29 is 22.7 Å². The fourth-order valence-electron chi connectivity index (χ4n) is 2.62. The SMILES string of the molecule is CCOc1cc(C(=O)NC(C)c2cccc(S(N)(=O)=O)c2)ccc1OCC(C)C. The Hall–Kier alpha value is -2.58. The summed E-state index contributed by atoms with van der Waals surface area (Å²) in [4.78, 5) is 12.7. The van der Waals surface area contributed by atoms with Crippen LogP contribution in [0.5, 0.6) is 11.5 Å². The summed E-state index contributed by atoms with van der Waals surface area (Å²) >= 11 is 0. The van der Waals surface area contributed by atoms with E-state index in [0.717, 1.165) is 0 Å². The molecule has 0 aliphatic rings. The lowest BCUT2D eigenvalue weighted by Crippen LogP contribution is -2.27. The van der Waals surface area contributed by atoms with Crippen molar-refractivity contribution in [3.63, 3.8) is 0 Å². The Labute approximate surface area is 172 Å². The fourth-order valence-corrected chi connectivity index (χ4v) is 3.19. The number of nitrogens with one attached hydrogen (secondary N) is 1. The van der Waals surface area contributed by atoms with E-state index < -0.39 is 16.1 Å². The normalized spacial score (nSPS) is 12.5. The van der Waals surface area contributed by atoms with Gasteiger partial charge in [-0.25, -0.2) is 13.6 Å². The van der Waals surface area contributed by atoms with Gasteiger partial charge in [-0.3, -0.25) is 4.79 Å². The van der Waals surface area contributed by atoms with Crippen molar-refractivity contribution in [2.75, 3.05) is 13.2 Å². The van der Waals surface area contributed by atoms with Gasteiger partial charge in [0.1, 0.15) is 0 Å². The van der Waals surface area contributed by atoms with Gasteiger partial charge in [-0.1, -0.05) is 26.0 Å². The summed E-state index contributed by atoms with van der Waals surface area (Å²) in [6, 6.07) is 10.8. The first-order valence-corrected chi connectivity index (χ1v) is 11.0. The zero-order chi connectivity index (χ0) is 21.6. The molecule has 1 atom stereocenters. The van der Waals surface area contributed by atoms with Gasteiger partial charge in [-0.05, 0) is 55.7 Å². The molecule has 0 heterocycles. The third-order valence-corrected chi connectivity index (χ3v) is 5.02. The molecule has 3 N–H and O–H groups in total. The number of hydrogen-bond acceptors (Lipinski definition) is 5. The van der Waals surface area contributed by atoms with Gasteiger partial charge in [0.15, 0.2) is 11.5 Å². The van der Waals surface area contributed by atoms with Gasteiger partial charge in [0.2, 0.25) is 10.0 Å². The number of sulfonamides is 1. The molecule has 0 fully saturated rings. The second-order valence-electron chi connectivity index (χ2n) is 7.11. The smallest absolute Gasteiger partial charge is 0.251 e. The molecule has 158 valence electrons. The molecule has 0 spiro atoms. The molecule has 1 amide bonds. The highest BCUT2D eigenvalue weighted by atomic mass is 32.2. The summed E-state index contributed by atoms with van der Waals surface area (Å²) in [5, 5.41) is 8.04. The van der Waals surface area contributed by atoms with Crippen molar-refractivity contribution in [1.82, 2.24) is 5.32 Å². The molecule has 2 rings (SSSR count). The number of benzene rings is 2. The zero-order valence-corrected chi connectivity index (χ0v) is 18.0. The number of primary sulfonamides is 1. The average molecular weight is 421 g/mol. The number of hydrogen-bond donors (Lipinski definition) is 2. The minimum absolute atomic E-state index is 0.00128. The van der Waals surface area contributed by atoms with Crippen LogP contribution in [0.3, 0.4) is 0 Å². The van der Waals surface area contributed by atoms with Crippen LogP contribution in [0.2, 0.25) is 0 Å². The molecule has 8 heteroatoms. The van der Waals surface area contributed by atoms with E-state index >= 15 is 0 Å². The van der Waals surface area contributed by atoms with Crippen molar-refractivity contribution in [3.8, 4) is 11.5 Å². The number of carbonyl (C=O) groups excluding carboxylic acids is 1. The molecule has 2 aromatic carbocycles. The molecule has 0 bridgehead atoms. The molecular formula is C21H28N2O5S. The van der Waals surface area contributed by atoms with Gasteiger partial charge in [0.05, 0.1) is 24.2 Å². The molecule has 0 saturated carbocycles. The first kappa shape index (κ1) is 22.7. The van der Waals surface area contributed by atoms with Crippen LogP contribution >= 0.6 is 0 Å². The highest BCUT2D eigenvalue weighted by molar-refractivity contribution is 7.89. The molecular weight excluding hydrogens is 392 g/mol. The summed E-state index contributed by atoms with van der Waals surface area (Å²) in [7, 11) is -3.81. The lowest BCUT2D eigenvalue weighted by molar-refractivity contribution is 0.0939. The van der Waals surface area contributed by atoms with E-state index in [4.69, 9.17) is 14.6 Å². The molecule has 0 radical (unpaired) electrons. The van der Waals surface area contributed by atoms with Gasteiger partial charge in [-0.2, -0.15) is 0 Å². The highest BCUT2D eigenvalue weighted by Gasteiger charge is 2.16. The Morgan fingerprint density at radius 1 is 1.07 bits per heavy atom. The van der Waals surface area contributed by atoms with Crippen LogP contribution in [0.1, 0.15) is 49.7 Å². The largest absolute Gasteiger partial charge is 0.490 e. The number of rotatable bonds is 9. The van der Waals surface area contributed by atoms with Crippen molar-refractivity contribution in [2.45, 2.75) is 38.6 Å². The van der Waals surface area contributed by atoms with E-state index in [1.807, 2.05) is 6.92 Å². The van der Waals surface area contributed by atoms with Gasteiger partial charge in [-0.15, -0.1) is 0 Å². The van der Waals surface area contributed by atoms with Gasteiger partial charge >= 0.3 is 0 Å². The minimum atomic E-state index is -3.81. The molecule has 29 heavy (non-hydrogen) atoms. The van der Waals surface area contributed by atoms with Crippen LogP contribution < -0.4 is 19.9 Å². The second kappa shape index (κ2) is 9.76. The molecule has 7 nitrogen and oxygen atoms in total. The van der Waals surface area contributed by atoms with Crippen LogP contribution in [-0.4, -0.2) is 27.5 Å². The van der Waals surface area contributed by atoms with Gasteiger partial charge in [0.25, 0.3) is 5.91 Å². The highest BCUT2D eigenvalue weighted by Crippen LogP contribution is 2.29. The topological polar surface area (TPSA) is 108 Å². The first-order chi connectivity index (χ1) is 13.6. The molecule has 1 unspecified atom stereocenters. The molecule has 0 aromatic heterocycles. The van der Waals surface area contributed by atoms with Crippen LogP contribution in [0.25, 0.3) is 0 Å². The predicted octanol–water partition coefficient (Wildman–Crippen LogP) is 3.26. The zero-order valence-electron chi connectivity index (χ0n) is 17.1. The maximum absolute atomic E-state index is 12.7. The van der Waals surface area contributed by atoms with Crippen LogP contribution in [0.15, 0.2) is 47.4 Å². The van der Waals surface area contributed by atoms with Crippen molar-refractivity contribution in [2.24, 2.45) is 11.1 Å². The van der Waals surface area contributed by atoms with Gasteiger partial charge < -0.3 is 14.8 Å². The summed E-state index contributed by atoms with van der Waals surface area (Å²) < 4.78 is 34.5. The molecule has 2 aromatic rings. The standard InChI is InChI=1S/C21H28N2O5S/c1-5-27-20-12-17(9-10-19(20)28-13-14(2)3)21(24)23-15(4)16-7-6-8-18(11-16)29(22,25)26/h6-12,14-15H,5,13H2,1-4H3,(H,23,24)(H2,22,25,26). The monoisotopic (exact) mass is 420 g/mol. The fraction of sp³-hybridized carbons (Fsp3) is 0.381. The second-order valence-corrected chi connectivity index (χ2v) is 8.67. The maximum Gasteiger partial charge on any atom is 0.251 e. The van der Waals surface area contributed by atoms with Crippen LogP contribution in [0, 0.1) is 5.92 Å². The third-order valence-electron chi connectivity index (χ3n) is 4.11. The van der Waals surface area contributed by atoms with Crippen molar-refractivity contribution in [1.29, 1.82) is 0 Å². The number of amides is 1. The Kier molecular flexibility index (Phi) is 7.64. The Balaban J connectivity index is 2.18. The number of nitrogens with two attached hydrogens (primary N) is 1. The Morgan fingerprint density at radius 2 is 1.79 bits per heavy atom. The van der Waals surface area contributed by atoms with Crippen LogP contribution in [-0.2, 0) is 10.0 Å². The van der Waals surface area contributed by atoms with E-state index in [0.29, 0.717) is 41.8 Å². The molecule has 0 aliphatic heterocycles. The van der Waals surface area contributed by atoms with Crippen LogP contribution in [0.4, 0.5) is 0 Å². The summed E-state index contributed by atoms with van der Waals surface area (Å²) in [5.41, 5.74) is 1.05. The van der Waals surface area contributed by atoms with Gasteiger partial charge in [0, 0.05) is 5.56 Å². The first-order valence-electron chi connectivity index (χ1n) is 9.45. The van der Waals surface area contributed by atoms with E-state index in [-0.39, 0.29) is 10.8 Å². The number of ether oxygens (including phenoxy) is 2. The third kappa shape index (κ3) is 6.47. The molecule has 0 aliphatic carbocycles. The van der Waals surface area contributed by atoms with Crippen molar-refractivity contribution in [3.05, 3.63) is 53.6 Å². The van der Waals surface area contributed by atoms with E-state index in [1.54, 1.807) is 37.3 Å². The Morgan fingerprint density at radius 3 is 2.41 bits per heavy atom. The van der Waals surface area contributed by atoms with E-state index in [2.05, 4.69) is 19.2 Å². The molecule has 0 saturated heterocycles. The maximum atomic E-state index is 12.7. The summed E-state index contributed by atoms with van der Waals surface area (Å²) in [6.45, 7) is 8.72. The van der Waals surface area contributed by atoms with E-state index in [9.17, 15) is 13.2 Å². The van der Waals surface area contributed by atoms with E-state index in [1.165, 1.54) is 12.1 Å². The number of carbonyl (C=O) groups is 1. The predicted molar refractivity (Wildman–Crippen MR) is 112 cm³/mol. The minimum Gasteiger partial charge on any atom is -0.490 e. The lowest BCUT2D eigenvalue weighted by Gasteiger charge is -2.17. The average Bonchev–Trinajstić information content (AvgIpc) is 2.66. The lowest BCUT2D eigenvalue weighted by atomic mass is 10.1. The summed E-state index contributed by atoms with van der Waals surface area (Å²) in [6.07, 6.45) is 0.